The Bertz CT molecular complexity index is 429. The predicted molar refractivity (Wildman–Crippen MR) is 71.7 cm³/mol. The second-order valence-electron chi connectivity index (χ2n) is 5.23. The van der Waals surface area contributed by atoms with Crippen LogP contribution in [0.3, 0.4) is 0 Å². The van der Waals surface area contributed by atoms with Gasteiger partial charge in [-0.15, -0.1) is 0 Å². The average molecular weight is 287 g/mol. The zero-order chi connectivity index (χ0) is 14.6. The number of benzene rings is 1. The first-order chi connectivity index (χ1) is 9.51. The van der Waals surface area contributed by atoms with Crippen molar-refractivity contribution in [3.05, 3.63) is 35.4 Å². The van der Waals surface area contributed by atoms with Crippen molar-refractivity contribution in [3.63, 3.8) is 0 Å². The molecule has 5 heteroatoms. The third kappa shape index (κ3) is 3.96. The summed E-state index contributed by atoms with van der Waals surface area (Å²) in [6, 6.07) is 7.76. The first-order valence-electron chi connectivity index (χ1n) is 6.92. The Kier molecular flexibility index (Phi) is 5.05. The molecule has 1 unspecified atom stereocenters. The van der Waals surface area contributed by atoms with E-state index in [2.05, 4.69) is 11.4 Å². The summed E-state index contributed by atoms with van der Waals surface area (Å²) in [5, 5.41) is 3.06. The minimum absolute atomic E-state index is 0.0275. The zero-order valence-corrected chi connectivity index (χ0v) is 11.5. The van der Waals surface area contributed by atoms with Crippen molar-refractivity contribution in [2.24, 2.45) is 0 Å². The number of nitrogens with one attached hydrogen (secondary N) is 1. The molecule has 112 valence electrons. The Hall–Kier alpha value is -1.07. The summed E-state index contributed by atoms with van der Waals surface area (Å²) in [6.07, 6.45) is -0.715. The highest BCUT2D eigenvalue weighted by Crippen LogP contribution is 2.39. The van der Waals surface area contributed by atoms with Crippen molar-refractivity contribution >= 4 is 0 Å². The van der Waals surface area contributed by atoms with E-state index < -0.39 is 12.8 Å². The van der Waals surface area contributed by atoms with Crippen LogP contribution in [0.1, 0.15) is 42.3 Å². The Morgan fingerprint density at radius 2 is 2.00 bits per heavy atom. The Labute approximate surface area is 117 Å². The molecule has 0 heterocycles. The molecule has 2 nitrogen and oxygen atoms in total. The van der Waals surface area contributed by atoms with Crippen LogP contribution >= 0.6 is 0 Å². The minimum Gasteiger partial charge on any atom is -0.370 e. The molecule has 1 atom stereocenters. The molecular weight excluding hydrogens is 267 g/mol. The molecule has 0 bridgehead atoms. The molecule has 1 fully saturated rings. The van der Waals surface area contributed by atoms with Gasteiger partial charge in [0, 0.05) is 0 Å². The van der Waals surface area contributed by atoms with Gasteiger partial charge in [-0.25, -0.2) is 0 Å². The van der Waals surface area contributed by atoms with Crippen LogP contribution in [0.15, 0.2) is 24.3 Å². The van der Waals surface area contributed by atoms with Crippen molar-refractivity contribution in [3.8, 4) is 0 Å². The third-order valence-electron chi connectivity index (χ3n) is 3.82. The van der Waals surface area contributed by atoms with Gasteiger partial charge >= 0.3 is 6.18 Å². The maximum Gasteiger partial charge on any atom is 0.411 e. The van der Waals surface area contributed by atoms with Gasteiger partial charge in [0.15, 0.2) is 0 Å². The van der Waals surface area contributed by atoms with Gasteiger partial charge in [-0.05, 0) is 36.9 Å². The fourth-order valence-electron chi connectivity index (χ4n) is 2.54. The molecule has 1 aliphatic carbocycles. The van der Waals surface area contributed by atoms with Crippen molar-refractivity contribution in [1.29, 1.82) is 0 Å². The Morgan fingerprint density at radius 1 is 1.30 bits per heavy atom. The predicted octanol–water partition coefficient (Wildman–Crippen LogP) is 3.79. The van der Waals surface area contributed by atoms with Crippen LogP contribution in [0.5, 0.6) is 0 Å². The van der Waals surface area contributed by atoms with E-state index in [-0.39, 0.29) is 12.6 Å². The van der Waals surface area contributed by atoms with Crippen LogP contribution in [0.2, 0.25) is 0 Å². The first-order valence-corrected chi connectivity index (χ1v) is 6.92. The molecule has 0 aromatic heterocycles. The molecule has 0 aliphatic heterocycles. The standard InChI is InChI=1S/C15H20F3NO/c1-19-14(9-20-10-15(16,17)18)13-8-3-2-7-12(13)11-5-4-6-11/h2-3,7-8,11,14,19H,4-6,9-10H2,1H3. The van der Waals surface area contributed by atoms with Gasteiger partial charge in [0.1, 0.15) is 6.61 Å². The van der Waals surface area contributed by atoms with Crippen molar-refractivity contribution in [2.45, 2.75) is 37.4 Å². The lowest BCUT2D eigenvalue weighted by molar-refractivity contribution is -0.175. The molecule has 1 aliphatic rings. The average Bonchev–Trinajstić information content (AvgIpc) is 2.32. The molecule has 2 rings (SSSR count). The summed E-state index contributed by atoms with van der Waals surface area (Å²) in [7, 11) is 1.75. The normalized spacial score (nSPS) is 17.8. The second kappa shape index (κ2) is 6.59. The third-order valence-corrected chi connectivity index (χ3v) is 3.82. The van der Waals surface area contributed by atoms with E-state index in [0.717, 1.165) is 18.4 Å². The SMILES string of the molecule is CNC(COCC(F)(F)F)c1ccccc1C1CCC1. The summed E-state index contributed by atoms with van der Waals surface area (Å²) in [5.41, 5.74) is 2.30. The lowest BCUT2D eigenvalue weighted by Gasteiger charge is -2.30. The Balaban J connectivity index is 2.03. The van der Waals surface area contributed by atoms with Gasteiger partial charge in [-0.2, -0.15) is 13.2 Å². The number of ether oxygens (including phenoxy) is 1. The lowest BCUT2D eigenvalue weighted by atomic mass is 9.77. The number of likely N-dealkylation sites (N-methyl/N-ethyl adjacent to an activating group) is 1. The maximum absolute atomic E-state index is 12.1. The molecule has 0 amide bonds. The van der Waals surface area contributed by atoms with Crippen LogP contribution in [0.4, 0.5) is 13.2 Å². The van der Waals surface area contributed by atoms with E-state index in [9.17, 15) is 13.2 Å². The molecule has 20 heavy (non-hydrogen) atoms. The molecule has 0 spiro atoms. The maximum atomic E-state index is 12.1. The van der Waals surface area contributed by atoms with E-state index in [4.69, 9.17) is 4.74 Å². The molecule has 1 saturated carbocycles. The quantitative estimate of drug-likeness (QED) is 0.859. The van der Waals surface area contributed by atoms with Gasteiger partial charge in [0.05, 0.1) is 12.6 Å². The highest BCUT2D eigenvalue weighted by molar-refractivity contribution is 5.34. The van der Waals surface area contributed by atoms with Gasteiger partial charge in [-0.1, -0.05) is 30.7 Å². The minimum atomic E-state index is -4.27. The largest absolute Gasteiger partial charge is 0.411 e. The van der Waals surface area contributed by atoms with E-state index in [0.29, 0.717) is 5.92 Å². The molecule has 1 N–H and O–H groups in total. The van der Waals surface area contributed by atoms with Gasteiger partial charge in [0.2, 0.25) is 0 Å². The van der Waals surface area contributed by atoms with E-state index in [1.807, 2.05) is 18.2 Å². The van der Waals surface area contributed by atoms with Crippen LogP contribution in [-0.2, 0) is 4.74 Å². The summed E-state index contributed by atoms with van der Waals surface area (Å²) >= 11 is 0. The first kappa shape index (κ1) is 15.3. The molecular formula is C15H20F3NO. The van der Waals surface area contributed by atoms with E-state index in [1.54, 1.807) is 7.05 Å². The highest BCUT2D eigenvalue weighted by atomic mass is 19.4. The van der Waals surface area contributed by atoms with Crippen LogP contribution in [-0.4, -0.2) is 26.4 Å². The number of rotatable bonds is 6. The molecule has 0 saturated heterocycles. The Morgan fingerprint density at radius 3 is 2.55 bits per heavy atom. The second-order valence-corrected chi connectivity index (χ2v) is 5.23. The fraction of sp³-hybridized carbons (Fsp3) is 0.600. The molecule has 1 aromatic rings. The van der Waals surface area contributed by atoms with Crippen LogP contribution < -0.4 is 5.32 Å². The zero-order valence-electron chi connectivity index (χ0n) is 11.5. The lowest BCUT2D eigenvalue weighted by Crippen LogP contribution is -2.27. The summed E-state index contributed by atoms with van der Waals surface area (Å²) in [5.74, 6) is 0.546. The fourth-order valence-corrected chi connectivity index (χ4v) is 2.54. The number of hydrogen-bond donors (Lipinski definition) is 1. The van der Waals surface area contributed by atoms with Crippen LogP contribution in [0, 0.1) is 0 Å². The topological polar surface area (TPSA) is 21.3 Å². The van der Waals surface area contributed by atoms with Crippen LogP contribution in [0.25, 0.3) is 0 Å². The van der Waals surface area contributed by atoms with E-state index >= 15 is 0 Å². The van der Waals surface area contributed by atoms with Crippen molar-refractivity contribution in [2.75, 3.05) is 20.3 Å². The van der Waals surface area contributed by atoms with E-state index in [1.165, 1.54) is 12.0 Å². The van der Waals surface area contributed by atoms with Gasteiger partial charge < -0.3 is 10.1 Å². The van der Waals surface area contributed by atoms with Crippen molar-refractivity contribution in [1.82, 2.24) is 5.32 Å². The summed E-state index contributed by atoms with van der Waals surface area (Å²) in [6.45, 7) is -1.17. The van der Waals surface area contributed by atoms with Crippen molar-refractivity contribution < 1.29 is 17.9 Å². The molecule has 1 aromatic carbocycles. The molecule has 0 radical (unpaired) electrons. The number of alkyl halides is 3. The summed E-state index contributed by atoms with van der Waals surface area (Å²) in [4.78, 5) is 0. The monoisotopic (exact) mass is 287 g/mol. The smallest absolute Gasteiger partial charge is 0.370 e. The number of hydrogen-bond acceptors (Lipinski definition) is 2. The summed E-state index contributed by atoms with van der Waals surface area (Å²) < 4.78 is 41.2. The number of halogens is 3. The van der Waals surface area contributed by atoms with Gasteiger partial charge in [0.25, 0.3) is 0 Å². The highest BCUT2D eigenvalue weighted by Gasteiger charge is 2.29. The van der Waals surface area contributed by atoms with Gasteiger partial charge in [-0.3, -0.25) is 0 Å².